The van der Waals surface area contributed by atoms with E-state index in [2.05, 4.69) is 90.4 Å². The highest BCUT2D eigenvalue weighted by Crippen LogP contribution is 2.35. The molecule has 176 valence electrons. The molecule has 5 heterocycles. The van der Waals surface area contributed by atoms with E-state index < -0.39 is 0 Å². The molecule has 16 heteroatoms. The monoisotopic (exact) mass is 600 g/mol. The number of nitrogens with zero attached hydrogens (tertiary/aromatic N) is 2. The minimum atomic E-state index is 0.430. The van der Waals surface area contributed by atoms with Crippen LogP contribution in [0.2, 0.25) is 0 Å². The van der Waals surface area contributed by atoms with Crippen LogP contribution in [-0.2, 0) is 0 Å². The van der Waals surface area contributed by atoms with Crippen molar-refractivity contribution in [3.05, 3.63) is 22.6 Å². The number of aromatic amines is 6. The van der Waals surface area contributed by atoms with Gasteiger partial charge in [-0.3, -0.25) is 0 Å². The van der Waals surface area contributed by atoms with Crippen molar-refractivity contribution >= 4 is 141 Å². The van der Waals surface area contributed by atoms with Crippen molar-refractivity contribution in [3.63, 3.8) is 0 Å². The Balaban J connectivity index is 2.04. The summed E-state index contributed by atoms with van der Waals surface area (Å²) in [5.74, 6) is 0.865. The maximum absolute atomic E-state index is 5.57. The second-order valence-electron chi connectivity index (χ2n) is 6.99. The minimum absolute atomic E-state index is 0.430. The third kappa shape index (κ3) is 4.01. The van der Waals surface area contributed by atoms with Gasteiger partial charge in [-0.2, -0.15) is 0 Å². The first-order valence-corrected chi connectivity index (χ1v) is 14.5. The summed E-state index contributed by atoms with van der Waals surface area (Å²) in [5, 5.41) is 0. The van der Waals surface area contributed by atoms with E-state index in [0.29, 0.717) is 63.2 Å². The fourth-order valence-electron chi connectivity index (χ4n) is 3.38. The second kappa shape index (κ2) is 9.38. The number of nitrogens with one attached hydrogen (secondary N) is 6. The molecular weight excluding hydrogens is 585 g/mol. The van der Waals surface area contributed by atoms with Gasteiger partial charge in [-0.1, -0.05) is 24.4 Å². The molecule has 34 heavy (non-hydrogen) atoms. The Labute approximate surface area is 233 Å². The van der Waals surface area contributed by atoms with Gasteiger partial charge >= 0.3 is 0 Å². The fraction of sp³-hybridized carbons (Fsp3) is 0.111. The quantitative estimate of drug-likeness (QED) is 0.125. The number of H-pyrrole nitrogens is 6. The summed E-state index contributed by atoms with van der Waals surface area (Å²) in [6.07, 6.45) is 4.03. The maximum atomic E-state index is 5.57. The van der Waals surface area contributed by atoms with Crippen LogP contribution in [0.5, 0.6) is 0 Å². The molecule has 3 aromatic rings. The van der Waals surface area contributed by atoms with Gasteiger partial charge in [0.1, 0.15) is 33.5 Å². The zero-order chi connectivity index (χ0) is 24.3. The molecule has 3 aromatic heterocycles. The van der Waals surface area contributed by atoms with Gasteiger partial charge in [-0.15, -0.1) is 74.0 Å². The summed E-state index contributed by atoms with van der Waals surface area (Å²) in [7, 11) is 0. The van der Waals surface area contributed by atoms with Crippen LogP contribution < -0.4 is 11.0 Å². The van der Waals surface area contributed by atoms with Crippen LogP contribution in [0.3, 0.4) is 0 Å². The van der Waals surface area contributed by atoms with Gasteiger partial charge in [0.2, 0.25) is 0 Å². The molecule has 0 unspecified atom stereocenters. The average Bonchev–Trinajstić information content (AvgIpc) is 3.46. The molecule has 2 aliphatic rings. The number of fused-ring (bicyclic) bond motifs is 8. The van der Waals surface area contributed by atoms with Crippen LogP contribution in [0.1, 0.15) is 11.6 Å². The molecule has 0 atom stereocenters. The highest BCUT2D eigenvalue weighted by molar-refractivity contribution is 8.02. The molecule has 0 aliphatic carbocycles. The summed E-state index contributed by atoms with van der Waals surface area (Å²) in [6.45, 7) is 0. The second-order valence-corrected chi connectivity index (χ2v) is 11.2. The van der Waals surface area contributed by atoms with Crippen molar-refractivity contribution < 1.29 is 0 Å². The molecule has 8 bridgehead atoms. The third-order valence-corrected chi connectivity index (χ3v) is 9.80. The van der Waals surface area contributed by atoms with E-state index in [1.54, 1.807) is 23.5 Å². The van der Waals surface area contributed by atoms with Crippen molar-refractivity contribution in [1.82, 2.24) is 39.9 Å². The number of thioether (sulfide) groups is 2. The molecule has 0 fully saturated rings. The van der Waals surface area contributed by atoms with Crippen LogP contribution in [0.4, 0.5) is 0 Å². The first-order chi connectivity index (χ1) is 16.2. The number of thiol groups is 4. The van der Waals surface area contributed by atoms with Crippen LogP contribution in [0.25, 0.3) is 32.4 Å². The van der Waals surface area contributed by atoms with Crippen molar-refractivity contribution in [2.24, 2.45) is 0 Å². The summed E-state index contributed by atoms with van der Waals surface area (Å²) in [5.41, 5.74) is 3.72. The first kappa shape index (κ1) is 24.5. The van der Waals surface area contributed by atoms with Crippen LogP contribution in [0.15, 0.2) is 19.6 Å². The Bertz CT molecular complexity index is 1720. The molecule has 0 radical (unpaired) electrons. The molecule has 0 saturated heterocycles. The fourth-order valence-corrected chi connectivity index (χ4v) is 6.33. The first-order valence-electron chi connectivity index (χ1n) is 9.42. The minimum Gasteiger partial charge on any atom is -0.326 e. The van der Waals surface area contributed by atoms with Gasteiger partial charge < -0.3 is 29.9 Å². The molecule has 5 rings (SSSR count). The van der Waals surface area contributed by atoms with E-state index in [1.807, 2.05) is 12.5 Å². The Kier molecular flexibility index (Phi) is 6.78. The molecule has 0 amide bonds. The highest BCUT2D eigenvalue weighted by atomic mass is 32.2. The van der Waals surface area contributed by atoms with E-state index in [1.165, 1.54) is 0 Å². The summed E-state index contributed by atoms with van der Waals surface area (Å²) >= 11 is 32.8. The van der Waals surface area contributed by atoms with Crippen molar-refractivity contribution in [1.29, 1.82) is 0 Å². The summed E-state index contributed by atoms with van der Waals surface area (Å²) in [6, 6.07) is 0. The van der Waals surface area contributed by atoms with Gasteiger partial charge in [0, 0.05) is 0 Å². The SMILES string of the molecule is CSc1c(SC)c2[nH]c3[nH]c([nH]c4nc([nH]c5nc([nH]c1[nH]2)=C(S)C5=S)=C(S)C4=S)c(S)c3S. The molecule has 0 saturated carbocycles. The molecule has 0 spiro atoms. The maximum Gasteiger partial charge on any atom is 0.153 e. The van der Waals surface area contributed by atoms with Gasteiger partial charge in [-0.05, 0) is 12.5 Å². The third-order valence-electron chi connectivity index (χ3n) is 5.00. The number of hydrogen-bond donors (Lipinski definition) is 10. The van der Waals surface area contributed by atoms with Crippen LogP contribution >= 0.6 is 98.5 Å². The Morgan fingerprint density at radius 2 is 1.00 bits per heavy atom. The largest absolute Gasteiger partial charge is 0.326 e. The summed E-state index contributed by atoms with van der Waals surface area (Å²) < 4.78 is 0. The van der Waals surface area contributed by atoms with E-state index in [9.17, 15) is 0 Å². The lowest BCUT2D eigenvalue weighted by molar-refractivity contribution is 1.03. The molecular formula is C18H16N8S8. The Morgan fingerprint density at radius 3 is 1.56 bits per heavy atom. The Morgan fingerprint density at radius 1 is 0.588 bits per heavy atom. The van der Waals surface area contributed by atoms with E-state index in [-0.39, 0.29) is 0 Å². The number of hydrogen-bond acceptors (Lipinski definition) is 10. The summed E-state index contributed by atoms with van der Waals surface area (Å²) in [4.78, 5) is 34.2. The van der Waals surface area contributed by atoms with E-state index in [4.69, 9.17) is 24.4 Å². The lowest BCUT2D eigenvalue weighted by Gasteiger charge is -1.96. The average molecular weight is 601 g/mol. The number of thiocarbonyl (C=S) groups is 2. The zero-order valence-electron chi connectivity index (χ0n) is 17.3. The molecule has 0 aromatic carbocycles. The van der Waals surface area contributed by atoms with Gasteiger partial charge in [0.05, 0.1) is 39.1 Å². The normalized spacial score (nSPS) is 13.8. The predicted molar refractivity (Wildman–Crippen MR) is 162 cm³/mol. The van der Waals surface area contributed by atoms with Crippen LogP contribution in [-0.4, -0.2) is 62.1 Å². The van der Waals surface area contributed by atoms with E-state index in [0.717, 1.165) is 21.1 Å². The lowest BCUT2D eigenvalue weighted by atomic mass is 10.4. The van der Waals surface area contributed by atoms with E-state index >= 15 is 0 Å². The lowest BCUT2D eigenvalue weighted by Crippen LogP contribution is -2.13. The zero-order valence-corrected chi connectivity index (χ0v) is 24.2. The van der Waals surface area contributed by atoms with Crippen LogP contribution in [0, 0.1) is 0 Å². The number of aromatic nitrogens is 8. The molecule has 2 aliphatic heterocycles. The smallest absolute Gasteiger partial charge is 0.153 e. The van der Waals surface area contributed by atoms with Crippen molar-refractivity contribution in [3.8, 4) is 0 Å². The number of rotatable bonds is 2. The van der Waals surface area contributed by atoms with Gasteiger partial charge in [0.15, 0.2) is 11.6 Å². The Hall–Kier alpha value is -1.14. The predicted octanol–water partition coefficient (Wildman–Crippen LogP) is 3.69. The van der Waals surface area contributed by atoms with Gasteiger partial charge in [0.25, 0.3) is 0 Å². The highest BCUT2D eigenvalue weighted by Gasteiger charge is 2.19. The van der Waals surface area contributed by atoms with Gasteiger partial charge in [-0.25, -0.2) is 9.97 Å². The van der Waals surface area contributed by atoms with Crippen molar-refractivity contribution in [2.75, 3.05) is 12.5 Å². The topological polar surface area (TPSA) is 121 Å². The molecule has 8 nitrogen and oxygen atoms in total. The standard InChI is InChI=1S/C18H16N8S8/c1-33-9-10(34-2)18-25-16-8(32)6(30)14(23-16)21-12-4(28)3(27)11(19-12)20-13-5(29)7(31)15(22-13)24-17(9)26-18/h22,24,26,29,31H,1-2H3,(H,27,28)(H,30,32)(H3,19,20,21,23,25). The molecule has 6 N–H and O–H groups in total. The van der Waals surface area contributed by atoms with Crippen molar-refractivity contribution in [2.45, 2.75) is 19.6 Å².